The van der Waals surface area contributed by atoms with Crippen molar-refractivity contribution in [2.24, 2.45) is 0 Å². The van der Waals surface area contributed by atoms with Crippen molar-refractivity contribution < 1.29 is 4.74 Å². The molecule has 1 aromatic rings. The molecule has 0 fully saturated rings. The summed E-state index contributed by atoms with van der Waals surface area (Å²) in [6, 6.07) is 0. The van der Waals surface area contributed by atoms with E-state index in [4.69, 9.17) is 4.74 Å². The van der Waals surface area contributed by atoms with Crippen molar-refractivity contribution in [3.63, 3.8) is 0 Å². The van der Waals surface area contributed by atoms with Crippen LogP contribution in [0.1, 0.15) is 25.5 Å². The number of aromatic amines is 1. The molecule has 0 aliphatic heterocycles. The molecule has 3 nitrogen and oxygen atoms in total. The van der Waals surface area contributed by atoms with Gasteiger partial charge < -0.3 is 4.74 Å². The van der Waals surface area contributed by atoms with E-state index in [1.807, 2.05) is 0 Å². The summed E-state index contributed by atoms with van der Waals surface area (Å²) in [4.78, 5) is 0. The number of methoxy groups -OCH3 is 1. The molecule has 1 aromatic heterocycles. The van der Waals surface area contributed by atoms with E-state index in [9.17, 15) is 0 Å². The van der Waals surface area contributed by atoms with Crippen LogP contribution in [0, 0.1) is 0 Å². The van der Waals surface area contributed by atoms with Gasteiger partial charge in [-0.15, -0.1) is 0 Å². The van der Waals surface area contributed by atoms with Crippen LogP contribution >= 0.6 is 0 Å². The average molecular weight is 140 g/mol. The Morgan fingerprint density at radius 1 is 1.60 bits per heavy atom. The van der Waals surface area contributed by atoms with Crippen molar-refractivity contribution >= 4 is 0 Å². The molecule has 0 aromatic carbocycles. The van der Waals surface area contributed by atoms with Crippen molar-refractivity contribution in [1.29, 1.82) is 0 Å². The first-order chi connectivity index (χ1) is 4.75. The molecule has 1 heterocycles. The summed E-state index contributed by atoms with van der Waals surface area (Å²) in [6.45, 7) is 4.16. The van der Waals surface area contributed by atoms with Gasteiger partial charge in [-0.2, -0.15) is 5.10 Å². The van der Waals surface area contributed by atoms with Gasteiger partial charge in [0.15, 0.2) is 5.75 Å². The Bertz CT molecular complexity index is 205. The zero-order valence-electron chi connectivity index (χ0n) is 6.51. The van der Waals surface area contributed by atoms with Crippen LogP contribution in [0.15, 0.2) is 6.20 Å². The Kier molecular flexibility index (Phi) is 1.94. The third-order valence-corrected chi connectivity index (χ3v) is 1.40. The van der Waals surface area contributed by atoms with Crippen LogP contribution in [-0.4, -0.2) is 17.3 Å². The highest BCUT2D eigenvalue weighted by Crippen LogP contribution is 2.22. The fourth-order valence-corrected chi connectivity index (χ4v) is 0.867. The zero-order chi connectivity index (χ0) is 7.56. The zero-order valence-corrected chi connectivity index (χ0v) is 6.51. The van der Waals surface area contributed by atoms with Crippen LogP contribution in [0.2, 0.25) is 0 Å². The lowest BCUT2D eigenvalue weighted by atomic mass is 10.1. The highest BCUT2D eigenvalue weighted by atomic mass is 16.5. The fourth-order valence-electron chi connectivity index (χ4n) is 0.867. The van der Waals surface area contributed by atoms with E-state index in [0.717, 1.165) is 11.4 Å². The fraction of sp³-hybridized carbons (Fsp3) is 0.571. The van der Waals surface area contributed by atoms with Gasteiger partial charge in [-0.25, -0.2) is 0 Å². The molecule has 0 aliphatic carbocycles. The van der Waals surface area contributed by atoms with Crippen LogP contribution in [-0.2, 0) is 0 Å². The largest absolute Gasteiger partial charge is 0.493 e. The minimum Gasteiger partial charge on any atom is -0.493 e. The SMILES string of the molecule is COc1c[nH]nc1C(C)C. The second kappa shape index (κ2) is 2.73. The van der Waals surface area contributed by atoms with E-state index < -0.39 is 0 Å². The van der Waals surface area contributed by atoms with Gasteiger partial charge in [-0.05, 0) is 0 Å². The van der Waals surface area contributed by atoms with Gasteiger partial charge in [0.05, 0.1) is 13.3 Å². The van der Waals surface area contributed by atoms with Gasteiger partial charge in [-0.3, -0.25) is 5.10 Å². The normalized spacial score (nSPS) is 10.4. The molecule has 0 bridgehead atoms. The molecular weight excluding hydrogens is 128 g/mol. The second-order valence-corrected chi connectivity index (χ2v) is 2.49. The molecule has 56 valence electrons. The number of H-pyrrole nitrogens is 1. The van der Waals surface area contributed by atoms with Crippen LogP contribution in [0.5, 0.6) is 5.75 Å². The van der Waals surface area contributed by atoms with Crippen molar-refractivity contribution in [3.8, 4) is 5.75 Å². The molecule has 0 spiro atoms. The van der Waals surface area contributed by atoms with Gasteiger partial charge in [0, 0.05) is 5.92 Å². The van der Waals surface area contributed by atoms with Crippen molar-refractivity contribution in [3.05, 3.63) is 11.9 Å². The Labute approximate surface area is 60.4 Å². The number of ether oxygens (including phenoxy) is 1. The monoisotopic (exact) mass is 140 g/mol. The summed E-state index contributed by atoms with van der Waals surface area (Å²) in [5.74, 6) is 1.26. The lowest BCUT2D eigenvalue weighted by Crippen LogP contribution is -1.91. The Morgan fingerprint density at radius 2 is 2.30 bits per heavy atom. The Balaban J connectivity index is 2.90. The molecule has 0 saturated carbocycles. The van der Waals surface area contributed by atoms with E-state index >= 15 is 0 Å². The summed E-state index contributed by atoms with van der Waals surface area (Å²) >= 11 is 0. The van der Waals surface area contributed by atoms with E-state index in [0.29, 0.717) is 5.92 Å². The highest BCUT2D eigenvalue weighted by Gasteiger charge is 2.08. The summed E-state index contributed by atoms with van der Waals surface area (Å²) in [5, 5.41) is 6.79. The lowest BCUT2D eigenvalue weighted by Gasteiger charge is -2.01. The van der Waals surface area contributed by atoms with Gasteiger partial charge in [-0.1, -0.05) is 13.8 Å². The van der Waals surface area contributed by atoms with E-state index in [2.05, 4.69) is 24.0 Å². The summed E-state index contributed by atoms with van der Waals surface area (Å²) in [6.07, 6.45) is 1.76. The topological polar surface area (TPSA) is 37.9 Å². The van der Waals surface area contributed by atoms with Crippen molar-refractivity contribution in [2.45, 2.75) is 19.8 Å². The predicted molar refractivity (Wildman–Crippen MR) is 39.2 cm³/mol. The Morgan fingerprint density at radius 3 is 2.70 bits per heavy atom. The average Bonchev–Trinajstić information content (AvgIpc) is 2.33. The minimum absolute atomic E-state index is 0.418. The van der Waals surface area contributed by atoms with Crippen LogP contribution in [0.3, 0.4) is 0 Å². The third-order valence-electron chi connectivity index (χ3n) is 1.40. The van der Waals surface area contributed by atoms with Gasteiger partial charge in [0.25, 0.3) is 0 Å². The van der Waals surface area contributed by atoms with Crippen LogP contribution in [0.25, 0.3) is 0 Å². The second-order valence-electron chi connectivity index (χ2n) is 2.49. The maximum Gasteiger partial charge on any atom is 0.159 e. The van der Waals surface area contributed by atoms with E-state index in [-0.39, 0.29) is 0 Å². The van der Waals surface area contributed by atoms with Gasteiger partial charge >= 0.3 is 0 Å². The lowest BCUT2D eigenvalue weighted by molar-refractivity contribution is 0.407. The number of aromatic nitrogens is 2. The highest BCUT2D eigenvalue weighted by molar-refractivity contribution is 5.25. The van der Waals surface area contributed by atoms with Crippen LogP contribution in [0.4, 0.5) is 0 Å². The predicted octanol–water partition coefficient (Wildman–Crippen LogP) is 1.54. The number of rotatable bonds is 2. The standard InChI is InChI=1S/C7H12N2O/c1-5(2)7-6(10-3)4-8-9-7/h4-5H,1-3H3,(H,8,9). The number of hydrogen-bond donors (Lipinski definition) is 1. The number of hydrogen-bond acceptors (Lipinski definition) is 2. The number of nitrogens with one attached hydrogen (secondary N) is 1. The van der Waals surface area contributed by atoms with E-state index in [1.165, 1.54) is 0 Å². The van der Waals surface area contributed by atoms with Crippen LogP contribution < -0.4 is 4.74 Å². The molecule has 3 heteroatoms. The maximum atomic E-state index is 5.05. The molecule has 0 aliphatic rings. The molecule has 0 saturated heterocycles. The first-order valence-corrected chi connectivity index (χ1v) is 3.33. The summed E-state index contributed by atoms with van der Waals surface area (Å²) < 4.78 is 5.05. The van der Waals surface area contributed by atoms with E-state index in [1.54, 1.807) is 13.3 Å². The van der Waals surface area contributed by atoms with Crippen molar-refractivity contribution in [1.82, 2.24) is 10.2 Å². The van der Waals surface area contributed by atoms with Gasteiger partial charge in [0.2, 0.25) is 0 Å². The van der Waals surface area contributed by atoms with Gasteiger partial charge in [0.1, 0.15) is 5.69 Å². The Hall–Kier alpha value is -0.990. The molecule has 0 amide bonds. The maximum absolute atomic E-state index is 5.05. The van der Waals surface area contributed by atoms with Crippen molar-refractivity contribution in [2.75, 3.05) is 7.11 Å². The molecule has 10 heavy (non-hydrogen) atoms. The first-order valence-electron chi connectivity index (χ1n) is 3.33. The minimum atomic E-state index is 0.418. The molecular formula is C7H12N2O. The third kappa shape index (κ3) is 1.12. The molecule has 0 unspecified atom stereocenters. The molecule has 1 rings (SSSR count). The summed E-state index contributed by atoms with van der Waals surface area (Å²) in [7, 11) is 1.65. The first kappa shape index (κ1) is 7.12. The molecule has 0 radical (unpaired) electrons. The quantitative estimate of drug-likeness (QED) is 0.676. The molecule has 1 N–H and O–H groups in total. The number of nitrogens with zero attached hydrogens (tertiary/aromatic N) is 1. The summed E-state index contributed by atoms with van der Waals surface area (Å²) in [5.41, 5.74) is 0.988. The smallest absolute Gasteiger partial charge is 0.159 e. The molecule has 0 atom stereocenters.